The smallest absolute Gasteiger partial charge is 0.330 e. The Morgan fingerprint density at radius 3 is 2.14 bits per heavy atom. The van der Waals surface area contributed by atoms with E-state index in [1.54, 1.807) is 30.3 Å². The van der Waals surface area contributed by atoms with E-state index in [0.29, 0.717) is 5.56 Å². The summed E-state index contributed by atoms with van der Waals surface area (Å²) in [6.45, 7) is -0.411. The third-order valence-corrected chi connectivity index (χ3v) is 4.38. The van der Waals surface area contributed by atoms with Crippen LogP contribution in [0.4, 0.5) is 4.79 Å². The van der Waals surface area contributed by atoms with Crippen molar-refractivity contribution in [2.24, 2.45) is 0 Å². The van der Waals surface area contributed by atoms with Crippen molar-refractivity contribution in [3.8, 4) is 0 Å². The van der Waals surface area contributed by atoms with Gasteiger partial charge in [-0.3, -0.25) is 14.5 Å². The normalized spacial score (nSPS) is 15.3. The molecule has 1 unspecified atom stereocenters. The highest BCUT2D eigenvalue weighted by atomic mass is 16.4. The monoisotopic (exact) mass is 381 g/mol. The SMILES string of the molecule is O=C(O)C(NC(=O)N1CC(=O)N(Cc2ccccc2)CC1=O)c1ccccc1. The number of rotatable bonds is 5. The number of urea groups is 1. The van der Waals surface area contributed by atoms with Crippen LogP contribution < -0.4 is 5.32 Å². The van der Waals surface area contributed by atoms with Crippen molar-refractivity contribution in [1.82, 2.24) is 15.1 Å². The molecule has 1 aliphatic heterocycles. The Morgan fingerprint density at radius 2 is 1.54 bits per heavy atom. The van der Waals surface area contributed by atoms with Gasteiger partial charge in [-0.2, -0.15) is 0 Å². The molecule has 3 rings (SSSR count). The highest BCUT2D eigenvalue weighted by Gasteiger charge is 2.35. The van der Waals surface area contributed by atoms with Gasteiger partial charge < -0.3 is 15.3 Å². The van der Waals surface area contributed by atoms with Gasteiger partial charge in [0.15, 0.2) is 6.04 Å². The number of piperazine rings is 1. The molecule has 2 aromatic rings. The molecule has 8 heteroatoms. The molecule has 1 saturated heterocycles. The molecule has 0 radical (unpaired) electrons. The van der Waals surface area contributed by atoms with Gasteiger partial charge in [0.25, 0.3) is 5.91 Å². The summed E-state index contributed by atoms with van der Waals surface area (Å²) >= 11 is 0. The van der Waals surface area contributed by atoms with Gasteiger partial charge in [0, 0.05) is 6.54 Å². The van der Waals surface area contributed by atoms with Gasteiger partial charge in [-0.05, 0) is 11.1 Å². The van der Waals surface area contributed by atoms with Crippen molar-refractivity contribution in [3.63, 3.8) is 0 Å². The Bertz CT molecular complexity index is 885. The second-order valence-electron chi connectivity index (χ2n) is 6.35. The molecule has 0 aliphatic carbocycles. The number of benzene rings is 2. The number of carbonyl (C=O) groups excluding carboxylic acids is 3. The zero-order valence-electron chi connectivity index (χ0n) is 14.9. The number of nitrogens with one attached hydrogen (secondary N) is 1. The Kier molecular flexibility index (Phi) is 5.69. The van der Waals surface area contributed by atoms with Crippen molar-refractivity contribution in [2.45, 2.75) is 12.6 Å². The predicted molar refractivity (Wildman–Crippen MR) is 98.9 cm³/mol. The van der Waals surface area contributed by atoms with Crippen molar-refractivity contribution >= 4 is 23.8 Å². The standard InChI is InChI=1S/C20H19N3O5/c24-16-13-23(17(25)12-22(16)11-14-7-3-1-4-8-14)20(28)21-18(19(26)27)15-9-5-2-6-10-15/h1-10,18H,11-13H2,(H,21,28)(H,26,27). The molecule has 0 saturated carbocycles. The fourth-order valence-electron chi connectivity index (χ4n) is 2.93. The maximum absolute atomic E-state index is 12.5. The number of aliphatic carboxylic acids is 1. The molecule has 0 spiro atoms. The summed E-state index contributed by atoms with van der Waals surface area (Å²) in [6, 6.07) is 15.1. The molecular formula is C20H19N3O5. The first-order valence-corrected chi connectivity index (χ1v) is 8.66. The van der Waals surface area contributed by atoms with Crippen molar-refractivity contribution in [3.05, 3.63) is 71.8 Å². The van der Waals surface area contributed by atoms with E-state index in [-0.39, 0.29) is 19.0 Å². The van der Waals surface area contributed by atoms with Crippen molar-refractivity contribution < 1.29 is 24.3 Å². The molecule has 8 nitrogen and oxygen atoms in total. The Balaban J connectivity index is 1.67. The quantitative estimate of drug-likeness (QED) is 0.814. The number of carboxylic acids is 1. The summed E-state index contributed by atoms with van der Waals surface area (Å²) in [6.07, 6.45) is 0. The number of hydrogen-bond acceptors (Lipinski definition) is 4. The Morgan fingerprint density at radius 1 is 0.929 bits per heavy atom. The van der Waals surface area contributed by atoms with Crippen LogP contribution in [0.1, 0.15) is 17.2 Å². The lowest BCUT2D eigenvalue weighted by atomic mass is 10.1. The van der Waals surface area contributed by atoms with E-state index in [4.69, 9.17) is 0 Å². The van der Waals surface area contributed by atoms with Crippen LogP contribution in [0, 0.1) is 0 Å². The molecule has 144 valence electrons. The molecular weight excluding hydrogens is 362 g/mol. The van der Waals surface area contributed by atoms with E-state index < -0.39 is 30.5 Å². The molecule has 1 fully saturated rings. The summed E-state index contributed by atoms with van der Waals surface area (Å²) < 4.78 is 0. The molecule has 4 amide bonds. The average Bonchev–Trinajstić information content (AvgIpc) is 2.69. The molecule has 0 bridgehead atoms. The van der Waals surface area contributed by atoms with Crippen LogP contribution in [0.3, 0.4) is 0 Å². The van der Waals surface area contributed by atoms with Crippen LogP contribution in [0.25, 0.3) is 0 Å². The van der Waals surface area contributed by atoms with E-state index in [0.717, 1.165) is 10.5 Å². The predicted octanol–water partition coefficient (Wildman–Crippen LogP) is 1.39. The van der Waals surface area contributed by atoms with E-state index in [1.807, 2.05) is 30.3 Å². The van der Waals surface area contributed by atoms with Gasteiger partial charge in [0.05, 0.1) is 0 Å². The van der Waals surface area contributed by atoms with Crippen LogP contribution in [0.5, 0.6) is 0 Å². The second-order valence-corrected chi connectivity index (χ2v) is 6.35. The molecule has 1 atom stereocenters. The average molecular weight is 381 g/mol. The van der Waals surface area contributed by atoms with Crippen LogP contribution in [0.15, 0.2) is 60.7 Å². The van der Waals surface area contributed by atoms with Gasteiger partial charge in [-0.1, -0.05) is 60.7 Å². The summed E-state index contributed by atoms with van der Waals surface area (Å²) in [5.41, 5.74) is 1.24. The zero-order valence-corrected chi connectivity index (χ0v) is 14.9. The number of nitrogens with zero attached hydrogens (tertiary/aromatic N) is 2. The number of imide groups is 1. The van der Waals surface area contributed by atoms with Crippen LogP contribution in [-0.2, 0) is 20.9 Å². The van der Waals surface area contributed by atoms with Crippen LogP contribution >= 0.6 is 0 Å². The third-order valence-electron chi connectivity index (χ3n) is 4.38. The summed E-state index contributed by atoms with van der Waals surface area (Å²) in [7, 11) is 0. The zero-order chi connectivity index (χ0) is 20.1. The minimum Gasteiger partial charge on any atom is -0.479 e. The first kappa shape index (κ1) is 19.1. The fraction of sp³-hybridized carbons (Fsp3) is 0.200. The van der Waals surface area contributed by atoms with Gasteiger partial charge in [0.1, 0.15) is 13.1 Å². The Hall–Kier alpha value is -3.68. The highest BCUT2D eigenvalue weighted by Crippen LogP contribution is 2.15. The van der Waals surface area contributed by atoms with Crippen molar-refractivity contribution in [1.29, 1.82) is 0 Å². The van der Waals surface area contributed by atoms with Crippen LogP contribution in [0.2, 0.25) is 0 Å². The maximum atomic E-state index is 12.5. The first-order valence-electron chi connectivity index (χ1n) is 8.66. The lowest BCUT2D eigenvalue weighted by molar-refractivity contribution is -0.148. The van der Waals surface area contributed by atoms with Gasteiger partial charge >= 0.3 is 12.0 Å². The molecule has 2 aromatic carbocycles. The minimum absolute atomic E-state index is 0.246. The molecule has 0 aromatic heterocycles. The summed E-state index contributed by atoms with van der Waals surface area (Å²) in [4.78, 5) is 50.9. The maximum Gasteiger partial charge on any atom is 0.330 e. The van der Waals surface area contributed by atoms with E-state index >= 15 is 0 Å². The number of hydrogen-bond donors (Lipinski definition) is 2. The lowest BCUT2D eigenvalue weighted by Crippen LogP contribution is -2.58. The largest absolute Gasteiger partial charge is 0.479 e. The summed E-state index contributed by atoms with van der Waals surface area (Å²) in [5, 5.41) is 11.7. The molecule has 1 aliphatic rings. The summed E-state index contributed by atoms with van der Waals surface area (Å²) in [5.74, 6) is -2.21. The Labute approximate surface area is 161 Å². The third kappa shape index (κ3) is 4.35. The lowest BCUT2D eigenvalue weighted by Gasteiger charge is -2.33. The van der Waals surface area contributed by atoms with E-state index in [9.17, 15) is 24.3 Å². The minimum atomic E-state index is -1.32. The van der Waals surface area contributed by atoms with Gasteiger partial charge in [0.2, 0.25) is 5.91 Å². The van der Waals surface area contributed by atoms with Gasteiger partial charge in [-0.15, -0.1) is 0 Å². The first-order chi connectivity index (χ1) is 13.5. The molecule has 28 heavy (non-hydrogen) atoms. The van der Waals surface area contributed by atoms with E-state index in [1.165, 1.54) is 4.90 Å². The second kappa shape index (κ2) is 8.34. The number of carbonyl (C=O) groups is 4. The van der Waals surface area contributed by atoms with Crippen LogP contribution in [-0.4, -0.2) is 51.8 Å². The number of carboxylic acid groups (broad SMARTS) is 1. The number of amides is 4. The molecule has 1 heterocycles. The topological polar surface area (TPSA) is 107 Å². The van der Waals surface area contributed by atoms with Crippen molar-refractivity contribution in [2.75, 3.05) is 13.1 Å². The van der Waals surface area contributed by atoms with E-state index in [2.05, 4.69) is 5.32 Å². The fourth-order valence-corrected chi connectivity index (χ4v) is 2.93. The van der Waals surface area contributed by atoms with Gasteiger partial charge in [-0.25, -0.2) is 9.59 Å². The highest BCUT2D eigenvalue weighted by molar-refractivity contribution is 6.03. The molecule has 2 N–H and O–H groups in total.